The highest BCUT2D eigenvalue weighted by molar-refractivity contribution is 5.27. The summed E-state index contributed by atoms with van der Waals surface area (Å²) in [7, 11) is 0. The Morgan fingerprint density at radius 3 is 2.39 bits per heavy atom. The van der Waals surface area contributed by atoms with Crippen molar-refractivity contribution in [2.24, 2.45) is 0 Å². The first kappa shape index (κ1) is 14.9. The molecule has 2 N–H and O–H groups in total. The van der Waals surface area contributed by atoms with Crippen LogP contribution >= 0.6 is 0 Å². The Morgan fingerprint density at radius 1 is 0.957 bits per heavy atom. The summed E-state index contributed by atoms with van der Waals surface area (Å²) in [5, 5.41) is 11.0. The van der Waals surface area contributed by atoms with E-state index in [2.05, 4.69) is 20.5 Å². The van der Waals surface area contributed by atoms with E-state index in [1.807, 2.05) is 30.3 Å². The fourth-order valence-corrected chi connectivity index (χ4v) is 2.13. The van der Waals surface area contributed by atoms with Gasteiger partial charge in [0.1, 0.15) is 11.5 Å². The monoisotopic (exact) mass is 310 g/mol. The molecule has 3 aromatic rings. The number of benzene rings is 2. The number of rotatable bonds is 5. The van der Waals surface area contributed by atoms with E-state index < -0.39 is 0 Å². The van der Waals surface area contributed by atoms with E-state index in [4.69, 9.17) is 0 Å². The van der Waals surface area contributed by atoms with Gasteiger partial charge in [0.25, 0.3) is 5.56 Å². The van der Waals surface area contributed by atoms with Crippen molar-refractivity contribution in [3.8, 4) is 0 Å². The summed E-state index contributed by atoms with van der Waals surface area (Å²) >= 11 is 0. The molecule has 0 unspecified atom stereocenters. The maximum Gasteiger partial charge on any atom is 0.274 e. The summed E-state index contributed by atoms with van der Waals surface area (Å²) in [5.74, 6) is 0.0101. The first-order valence-corrected chi connectivity index (χ1v) is 7.19. The number of nitrogens with zero attached hydrogens (tertiary/aromatic N) is 2. The fourth-order valence-electron chi connectivity index (χ4n) is 2.13. The minimum atomic E-state index is -0.311. The predicted octanol–water partition coefficient (Wildman–Crippen LogP) is 2.51. The minimum absolute atomic E-state index is 0.293. The Labute approximate surface area is 132 Å². The van der Waals surface area contributed by atoms with Gasteiger partial charge in [0.15, 0.2) is 0 Å². The third-order valence-electron chi connectivity index (χ3n) is 3.35. The van der Waals surface area contributed by atoms with Crippen LogP contribution in [0.2, 0.25) is 0 Å². The lowest BCUT2D eigenvalue weighted by Crippen LogP contribution is -2.19. The molecule has 0 saturated carbocycles. The average molecular weight is 310 g/mol. The smallest absolute Gasteiger partial charge is 0.274 e. The zero-order valence-electron chi connectivity index (χ0n) is 12.3. The van der Waals surface area contributed by atoms with Crippen molar-refractivity contribution in [2.45, 2.75) is 13.0 Å². The molecule has 23 heavy (non-hydrogen) atoms. The number of aromatic amines is 1. The second-order valence-corrected chi connectivity index (χ2v) is 5.09. The second-order valence-electron chi connectivity index (χ2n) is 5.09. The van der Waals surface area contributed by atoms with E-state index in [1.165, 1.54) is 12.1 Å². The highest BCUT2D eigenvalue weighted by Gasteiger charge is 2.06. The van der Waals surface area contributed by atoms with Crippen molar-refractivity contribution in [3.63, 3.8) is 0 Å². The molecule has 0 spiro atoms. The van der Waals surface area contributed by atoms with Crippen molar-refractivity contribution >= 4 is 5.95 Å². The Bertz CT molecular complexity index is 831. The van der Waals surface area contributed by atoms with Crippen LogP contribution in [0.5, 0.6) is 0 Å². The van der Waals surface area contributed by atoms with Gasteiger partial charge in [0.2, 0.25) is 5.95 Å². The summed E-state index contributed by atoms with van der Waals surface area (Å²) in [4.78, 5) is 14.7. The summed E-state index contributed by atoms with van der Waals surface area (Å²) in [6, 6.07) is 15.7. The number of aromatic nitrogens is 3. The average Bonchev–Trinajstić information content (AvgIpc) is 2.58. The number of H-pyrrole nitrogens is 1. The van der Waals surface area contributed by atoms with Crippen molar-refractivity contribution in [2.75, 3.05) is 5.32 Å². The molecule has 0 aliphatic heterocycles. The molecule has 0 fully saturated rings. The molecule has 3 rings (SSSR count). The molecule has 0 saturated heterocycles. The van der Waals surface area contributed by atoms with Crippen molar-refractivity contribution in [1.29, 1.82) is 0 Å². The molecule has 0 aliphatic rings. The first-order chi connectivity index (χ1) is 11.2. The Hall–Kier alpha value is -3.02. The lowest BCUT2D eigenvalue weighted by molar-refractivity contribution is 0.627. The third kappa shape index (κ3) is 4.00. The van der Waals surface area contributed by atoms with Gasteiger partial charge >= 0.3 is 0 Å². The summed E-state index contributed by atoms with van der Waals surface area (Å²) in [5.41, 5.74) is 1.86. The predicted molar refractivity (Wildman–Crippen MR) is 85.6 cm³/mol. The zero-order chi connectivity index (χ0) is 16.1. The Morgan fingerprint density at radius 2 is 1.70 bits per heavy atom. The van der Waals surface area contributed by atoms with E-state index in [0.717, 1.165) is 11.1 Å². The molecular formula is C17H15FN4O. The van der Waals surface area contributed by atoms with Crippen LogP contribution in [0.15, 0.2) is 59.4 Å². The van der Waals surface area contributed by atoms with Crippen LogP contribution in [0.3, 0.4) is 0 Å². The largest absolute Gasteiger partial charge is 0.350 e. The van der Waals surface area contributed by atoms with E-state index in [0.29, 0.717) is 24.6 Å². The van der Waals surface area contributed by atoms with E-state index in [1.54, 1.807) is 12.1 Å². The van der Waals surface area contributed by atoms with E-state index >= 15 is 0 Å². The van der Waals surface area contributed by atoms with Crippen molar-refractivity contribution in [1.82, 2.24) is 15.2 Å². The normalized spacial score (nSPS) is 10.5. The maximum atomic E-state index is 12.9. The lowest BCUT2D eigenvalue weighted by Gasteiger charge is -2.05. The van der Waals surface area contributed by atoms with Crippen LogP contribution in [0.25, 0.3) is 0 Å². The number of anilines is 1. The van der Waals surface area contributed by atoms with E-state index in [9.17, 15) is 9.18 Å². The number of halogens is 1. The van der Waals surface area contributed by atoms with Gasteiger partial charge < -0.3 is 5.32 Å². The maximum absolute atomic E-state index is 12.9. The topological polar surface area (TPSA) is 70.7 Å². The lowest BCUT2D eigenvalue weighted by atomic mass is 10.1. The van der Waals surface area contributed by atoms with Gasteiger partial charge in [-0.15, -0.1) is 10.2 Å². The van der Waals surface area contributed by atoms with Gasteiger partial charge in [-0.25, -0.2) is 4.39 Å². The van der Waals surface area contributed by atoms with Crippen LogP contribution in [-0.2, 0) is 13.0 Å². The summed E-state index contributed by atoms with van der Waals surface area (Å²) < 4.78 is 12.9. The Kier molecular flexibility index (Phi) is 4.42. The van der Waals surface area contributed by atoms with E-state index in [-0.39, 0.29) is 11.4 Å². The molecular weight excluding hydrogens is 295 g/mol. The van der Waals surface area contributed by atoms with Crippen molar-refractivity contribution in [3.05, 3.63) is 87.6 Å². The highest BCUT2D eigenvalue weighted by atomic mass is 19.1. The van der Waals surface area contributed by atoms with Crippen LogP contribution in [-0.4, -0.2) is 15.2 Å². The van der Waals surface area contributed by atoms with Crippen LogP contribution < -0.4 is 10.9 Å². The molecule has 116 valence electrons. The fraction of sp³-hybridized carbons (Fsp3) is 0.118. The molecule has 5 nitrogen and oxygen atoms in total. The Balaban J connectivity index is 1.68. The van der Waals surface area contributed by atoms with Gasteiger partial charge in [0.05, 0.1) is 0 Å². The minimum Gasteiger partial charge on any atom is -0.350 e. The molecule has 1 aromatic heterocycles. The van der Waals surface area contributed by atoms with Gasteiger partial charge in [-0.2, -0.15) is 0 Å². The summed E-state index contributed by atoms with van der Waals surface area (Å²) in [6.45, 7) is 0.544. The quantitative estimate of drug-likeness (QED) is 0.759. The zero-order valence-corrected chi connectivity index (χ0v) is 12.3. The van der Waals surface area contributed by atoms with Crippen molar-refractivity contribution < 1.29 is 4.39 Å². The van der Waals surface area contributed by atoms with Gasteiger partial charge in [-0.3, -0.25) is 9.78 Å². The second kappa shape index (κ2) is 6.83. The van der Waals surface area contributed by atoms with Crippen LogP contribution in [0.1, 0.15) is 16.8 Å². The standard InChI is InChI=1S/C17H15FN4O/c18-14-8-6-12(7-9-14)10-15-16(23)20-17(22-21-15)19-11-13-4-2-1-3-5-13/h1-9H,10-11H2,(H2,19,20,22,23). The van der Waals surface area contributed by atoms with Crippen LogP contribution in [0, 0.1) is 5.82 Å². The van der Waals surface area contributed by atoms with Gasteiger partial charge in [0, 0.05) is 13.0 Å². The molecule has 2 aromatic carbocycles. The van der Waals surface area contributed by atoms with Crippen LogP contribution in [0.4, 0.5) is 10.3 Å². The number of nitrogens with one attached hydrogen (secondary N) is 2. The summed E-state index contributed by atoms with van der Waals surface area (Å²) in [6.07, 6.45) is 0.307. The molecule has 0 aliphatic carbocycles. The van der Waals surface area contributed by atoms with Gasteiger partial charge in [-0.05, 0) is 23.3 Å². The third-order valence-corrected chi connectivity index (χ3v) is 3.35. The SMILES string of the molecule is O=c1[nH]c(NCc2ccccc2)nnc1Cc1ccc(F)cc1. The van der Waals surface area contributed by atoms with Gasteiger partial charge in [-0.1, -0.05) is 42.5 Å². The molecule has 0 atom stereocenters. The molecule has 0 amide bonds. The molecule has 1 heterocycles. The first-order valence-electron chi connectivity index (χ1n) is 7.19. The molecule has 0 radical (unpaired) electrons. The number of hydrogen-bond donors (Lipinski definition) is 2. The number of hydrogen-bond acceptors (Lipinski definition) is 4. The molecule has 0 bridgehead atoms. The highest BCUT2D eigenvalue weighted by Crippen LogP contribution is 2.06. The molecule has 6 heteroatoms.